The molecule has 3 N–H and O–H groups in total. The second-order valence-corrected chi connectivity index (χ2v) is 17.0. The van der Waals surface area contributed by atoms with Crippen molar-refractivity contribution in [3.8, 4) is 0 Å². The summed E-state index contributed by atoms with van der Waals surface area (Å²) in [5.41, 5.74) is 7.19. The first-order chi connectivity index (χ1) is 26.7. The molecule has 4 aliphatic rings. The highest BCUT2D eigenvalue weighted by molar-refractivity contribution is 6.34. The Labute approximate surface area is 349 Å². The first kappa shape index (κ1) is 43.8. The number of pyridine rings is 2. The summed E-state index contributed by atoms with van der Waals surface area (Å²) in [7, 11) is 0. The molecule has 8 heterocycles. The Morgan fingerprint density at radius 3 is 1.61 bits per heavy atom. The molecule has 8 rings (SSSR count). The van der Waals surface area contributed by atoms with E-state index in [4.69, 9.17) is 44.8 Å². The Morgan fingerprint density at radius 1 is 0.625 bits per heavy atom. The molecule has 4 aromatic heterocycles. The van der Waals surface area contributed by atoms with E-state index < -0.39 is 0 Å². The zero-order valence-electron chi connectivity index (χ0n) is 32.9. The standard InChI is InChI=1S/C21H28ClN5.C13H19N3.C8H10Cl2N2.CH4/c1-14(2)12-17-19(22)24-13-25-21(17)27-10-7-15(8-11-27)18-6-5-16-4-3-9-23-20(16)26-18;1-2-11-3-4-12(16-13(11)15-7-1)10-5-8-14-9-6-10;1-5(2)3-6-7(9)11-4-12-8(6)10;/h5-6,13-15H,3-4,7-12H2,1-2H3,(H,23,26);3-4,10,14H,1-2,5-9H2,(H,15,16);4-5H,3H2,1-2H3;1H4. The van der Waals surface area contributed by atoms with E-state index >= 15 is 0 Å². The van der Waals surface area contributed by atoms with Crippen LogP contribution in [-0.2, 0) is 25.7 Å². The van der Waals surface area contributed by atoms with Gasteiger partial charge in [-0.15, -0.1) is 0 Å². The van der Waals surface area contributed by atoms with Crippen molar-refractivity contribution in [1.29, 1.82) is 0 Å². The number of hydrogen-bond acceptors (Lipinski definition) is 10. The molecule has 0 aromatic carbocycles. The summed E-state index contributed by atoms with van der Waals surface area (Å²) >= 11 is 18.1. The van der Waals surface area contributed by atoms with Gasteiger partial charge < -0.3 is 20.9 Å². The van der Waals surface area contributed by atoms with Crippen LogP contribution in [0.1, 0.15) is 119 Å². The summed E-state index contributed by atoms with van der Waals surface area (Å²) in [6, 6.07) is 9.01. The molecular weight excluding hydrogens is 763 g/mol. The SMILES string of the molecule is C.CC(C)Cc1c(Cl)ncnc1Cl.CC(C)Cc1c(Cl)ncnc1N1CCC(c2ccc3c(n2)NCCC3)CC1.c1cc2c(nc1C1CCNCC1)NCCC2. The minimum Gasteiger partial charge on any atom is -0.370 e. The van der Waals surface area contributed by atoms with Crippen molar-refractivity contribution in [1.82, 2.24) is 35.2 Å². The van der Waals surface area contributed by atoms with Crippen molar-refractivity contribution >= 4 is 52.3 Å². The minimum absolute atomic E-state index is 0. The van der Waals surface area contributed by atoms with Crippen LogP contribution in [0, 0.1) is 11.8 Å². The maximum atomic E-state index is 6.39. The quantitative estimate of drug-likeness (QED) is 0.156. The van der Waals surface area contributed by atoms with Crippen LogP contribution in [0.5, 0.6) is 0 Å². The van der Waals surface area contributed by atoms with Crippen molar-refractivity contribution in [3.05, 3.63) is 86.0 Å². The van der Waals surface area contributed by atoms with E-state index in [0.29, 0.717) is 39.1 Å². The van der Waals surface area contributed by atoms with Crippen molar-refractivity contribution in [2.75, 3.05) is 54.8 Å². The predicted molar refractivity (Wildman–Crippen MR) is 234 cm³/mol. The number of fused-ring (bicyclic) bond motifs is 2. The largest absolute Gasteiger partial charge is 0.370 e. The van der Waals surface area contributed by atoms with E-state index in [-0.39, 0.29) is 7.43 Å². The van der Waals surface area contributed by atoms with Gasteiger partial charge in [0.05, 0.1) is 0 Å². The third-order valence-corrected chi connectivity index (χ3v) is 11.7. The van der Waals surface area contributed by atoms with Crippen LogP contribution in [0.2, 0.25) is 15.5 Å². The molecule has 10 nitrogen and oxygen atoms in total. The smallest absolute Gasteiger partial charge is 0.137 e. The van der Waals surface area contributed by atoms with Gasteiger partial charge in [-0.3, -0.25) is 0 Å². The van der Waals surface area contributed by atoms with Gasteiger partial charge in [-0.1, -0.05) is 82.1 Å². The van der Waals surface area contributed by atoms with Crippen LogP contribution in [-0.4, -0.2) is 69.2 Å². The van der Waals surface area contributed by atoms with Gasteiger partial charge >= 0.3 is 0 Å². The summed E-state index contributed by atoms with van der Waals surface area (Å²) in [4.78, 5) is 28.6. The molecule has 2 fully saturated rings. The molecule has 0 spiro atoms. The van der Waals surface area contributed by atoms with E-state index in [9.17, 15) is 0 Å². The molecule has 0 radical (unpaired) electrons. The third-order valence-electron chi connectivity index (χ3n) is 10.7. The Balaban J connectivity index is 0.000000176. The van der Waals surface area contributed by atoms with Gasteiger partial charge in [0.25, 0.3) is 0 Å². The molecular formula is C43H61Cl3N10. The number of rotatable bonds is 7. The van der Waals surface area contributed by atoms with Crippen LogP contribution < -0.4 is 20.9 Å². The number of aryl methyl sites for hydroxylation is 2. The highest BCUT2D eigenvalue weighted by Crippen LogP contribution is 2.34. The molecule has 0 bridgehead atoms. The lowest BCUT2D eigenvalue weighted by Crippen LogP contribution is -2.34. The highest BCUT2D eigenvalue weighted by atomic mass is 35.5. The summed E-state index contributed by atoms with van der Waals surface area (Å²) in [6.45, 7) is 15.0. The average Bonchev–Trinajstić information content (AvgIpc) is 3.20. The zero-order chi connectivity index (χ0) is 38.7. The Bertz CT molecular complexity index is 1820. The fourth-order valence-electron chi connectivity index (χ4n) is 7.83. The molecule has 304 valence electrons. The molecule has 0 aliphatic carbocycles. The van der Waals surface area contributed by atoms with Crippen LogP contribution in [0.4, 0.5) is 17.5 Å². The van der Waals surface area contributed by atoms with Gasteiger partial charge in [0.2, 0.25) is 0 Å². The lowest BCUT2D eigenvalue weighted by atomic mass is 9.92. The number of anilines is 3. The number of halogens is 3. The molecule has 13 heteroatoms. The Morgan fingerprint density at radius 2 is 1.09 bits per heavy atom. The zero-order valence-corrected chi connectivity index (χ0v) is 35.1. The van der Waals surface area contributed by atoms with Crippen LogP contribution >= 0.6 is 34.8 Å². The number of nitrogens with one attached hydrogen (secondary N) is 3. The maximum Gasteiger partial charge on any atom is 0.137 e. The number of aromatic nitrogens is 6. The maximum absolute atomic E-state index is 6.39. The summed E-state index contributed by atoms with van der Waals surface area (Å²) in [6.07, 6.45) is 14.1. The van der Waals surface area contributed by atoms with E-state index in [1.807, 2.05) is 0 Å². The monoisotopic (exact) mass is 822 g/mol. The number of nitrogens with zero attached hydrogens (tertiary/aromatic N) is 7. The number of piperidine rings is 2. The van der Waals surface area contributed by atoms with Crippen molar-refractivity contribution < 1.29 is 0 Å². The molecule has 4 aliphatic heterocycles. The first-order valence-electron chi connectivity index (χ1n) is 20.2. The molecule has 2 saturated heterocycles. The van der Waals surface area contributed by atoms with Crippen LogP contribution in [0.3, 0.4) is 0 Å². The van der Waals surface area contributed by atoms with Gasteiger partial charge in [0.15, 0.2) is 0 Å². The minimum atomic E-state index is 0. The summed E-state index contributed by atoms with van der Waals surface area (Å²) in [5, 5.41) is 11.8. The molecule has 0 unspecified atom stereocenters. The highest BCUT2D eigenvalue weighted by Gasteiger charge is 2.26. The fourth-order valence-corrected chi connectivity index (χ4v) is 8.51. The van der Waals surface area contributed by atoms with E-state index in [0.717, 1.165) is 100.0 Å². The second-order valence-electron chi connectivity index (χ2n) is 15.9. The topological polar surface area (TPSA) is 117 Å². The van der Waals surface area contributed by atoms with Gasteiger partial charge in [-0.25, -0.2) is 29.9 Å². The van der Waals surface area contributed by atoms with Gasteiger partial charge in [0, 0.05) is 60.5 Å². The van der Waals surface area contributed by atoms with Gasteiger partial charge in [0.1, 0.15) is 45.6 Å². The first-order valence-corrected chi connectivity index (χ1v) is 21.4. The third kappa shape index (κ3) is 11.9. The van der Waals surface area contributed by atoms with E-state index in [2.05, 4.69) is 92.7 Å². The lowest BCUT2D eigenvalue weighted by molar-refractivity contribution is 0.453. The predicted octanol–water partition coefficient (Wildman–Crippen LogP) is 9.99. The van der Waals surface area contributed by atoms with Crippen LogP contribution in [0.25, 0.3) is 0 Å². The second kappa shape index (κ2) is 21.4. The molecule has 4 aromatic rings. The summed E-state index contributed by atoms with van der Waals surface area (Å²) < 4.78 is 0. The van der Waals surface area contributed by atoms with Gasteiger partial charge in [-0.2, -0.15) is 0 Å². The molecule has 0 atom stereocenters. The van der Waals surface area contributed by atoms with Gasteiger partial charge in [-0.05, 0) is 112 Å². The lowest BCUT2D eigenvalue weighted by Gasteiger charge is -2.34. The average molecular weight is 824 g/mol. The number of hydrogen-bond donors (Lipinski definition) is 3. The fraction of sp³-hybridized carbons (Fsp3) is 0.581. The van der Waals surface area contributed by atoms with Crippen molar-refractivity contribution in [2.24, 2.45) is 11.8 Å². The molecule has 0 amide bonds. The van der Waals surface area contributed by atoms with Crippen LogP contribution in [0.15, 0.2) is 36.9 Å². The van der Waals surface area contributed by atoms with E-state index in [1.54, 1.807) is 6.33 Å². The Hall–Kier alpha value is -3.31. The summed E-state index contributed by atoms with van der Waals surface area (Å²) in [5.74, 6) is 5.46. The van der Waals surface area contributed by atoms with E-state index in [1.165, 1.54) is 60.9 Å². The molecule has 0 saturated carbocycles. The van der Waals surface area contributed by atoms with Crippen molar-refractivity contribution in [3.63, 3.8) is 0 Å². The normalized spacial score (nSPS) is 16.9. The molecule has 56 heavy (non-hydrogen) atoms. The Kier molecular flexibility index (Phi) is 16.8. The van der Waals surface area contributed by atoms with Crippen molar-refractivity contribution in [2.45, 2.75) is 111 Å².